The van der Waals surface area contributed by atoms with E-state index >= 15 is 0 Å². The summed E-state index contributed by atoms with van der Waals surface area (Å²) >= 11 is 7.13. The van der Waals surface area contributed by atoms with Gasteiger partial charge in [-0.2, -0.15) is 5.10 Å². The van der Waals surface area contributed by atoms with Crippen molar-refractivity contribution >= 4 is 46.5 Å². The average Bonchev–Trinajstić information content (AvgIpc) is 3.24. The summed E-state index contributed by atoms with van der Waals surface area (Å²) in [5.41, 5.74) is 3.41. The quantitative estimate of drug-likeness (QED) is 0.496. The number of hydrogen-bond acceptors (Lipinski definition) is 6. The van der Waals surface area contributed by atoms with Crippen molar-refractivity contribution in [3.8, 4) is 0 Å². The van der Waals surface area contributed by atoms with Crippen molar-refractivity contribution in [3.05, 3.63) is 86.8 Å². The molecule has 10 heteroatoms. The SMILES string of the molecule is Cc1nn(Cc2ccccc2Cl)c(C)c1C(=O)NCCN1C(=O)SC(=Cc2cccnc2)C1=O. The van der Waals surface area contributed by atoms with Crippen molar-refractivity contribution in [2.75, 3.05) is 13.1 Å². The van der Waals surface area contributed by atoms with Gasteiger partial charge in [-0.15, -0.1) is 0 Å². The second-order valence-electron chi connectivity index (χ2n) is 7.67. The maximum absolute atomic E-state index is 12.9. The number of benzene rings is 1. The summed E-state index contributed by atoms with van der Waals surface area (Å²) in [7, 11) is 0. The lowest BCUT2D eigenvalue weighted by molar-refractivity contribution is -0.122. The smallest absolute Gasteiger partial charge is 0.293 e. The van der Waals surface area contributed by atoms with Crippen LogP contribution in [0.25, 0.3) is 6.08 Å². The molecule has 0 atom stereocenters. The van der Waals surface area contributed by atoms with Gasteiger partial charge < -0.3 is 5.32 Å². The van der Waals surface area contributed by atoms with E-state index in [-0.39, 0.29) is 30.1 Å². The number of nitrogens with zero attached hydrogens (tertiary/aromatic N) is 4. The molecule has 1 fully saturated rings. The van der Waals surface area contributed by atoms with Gasteiger partial charge in [0.15, 0.2) is 0 Å². The first-order chi connectivity index (χ1) is 16.3. The second-order valence-corrected chi connectivity index (χ2v) is 9.07. The fraction of sp³-hybridized carbons (Fsp3) is 0.208. The van der Waals surface area contributed by atoms with E-state index in [0.29, 0.717) is 33.4 Å². The van der Waals surface area contributed by atoms with E-state index in [9.17, 15) is 14.4 Å². The van der Waals surface area contributed by atoms with E-state index in [1.54, 1.807) is 42.2 Å². The van der Waals surface area contributed by atoms with Crippen LogP contribution in [0.3, 0.4) is 0 Å². The number of pyridine rings is 1. The van der Waals surface area contributed by atoms with Crippen LogP contribution in [0.15, 0.2) is 53.7 Å². The Labute approximate surface area is 206 Å². The lowest BCUT2D eigenvalue weighted by Gasteiger charge is -2.13. The molecule has 0 unspecified atom stereocenters. The number of rotatable bonds is 7. The first-order valence-electron chi connectivity index (χ1n) is 10.6. The highest BCUT2D eigenvalue weighted by atomic mass is 35.5. The van der Waals surface area contributed by atoms with Gasteiger partial charge in [0.25, 0.3) is 17.1 Å². The summed E-state index contributed by atoms with van der Waals surface area (Å²) in [6.45, 7) is 4.24. The van der Waals surface area contributed by atoms with Crippen molar-refractivity contribution in [2.24, 2.45) is 0 Å². The molecule has 4 rings (SSSR count). The third kappa shape index (κ3) is 5.05. The summed E-state index contributed by atoms with van der Waals surface area (Å²) in [5.74, 6) is -0.689. The van der Waals surface area contributed by atoms with Crippen molar-refractivity contribution in [1.29, 1.82) is 0 Å². The molecule has 3 amide bonds. The maximum Gasteiger partial charge on any atom is 0.293 e. The summed E-state index contributed by atoms with van der Waals surface area (Å²) in [5, 5.41) is 7.56. The predicted molar refractivity (Wildman–Crippen MR) is 132 cm³/mol. The van der Waals surface area contributed by atoms with Crippen LogP contribution in [0, 0.1) is 13.8 Å². The molecule has 0 spiro atoms. The van der Waals surface area contributed by atoms with Crippen LogP contribution in [0.5, 0.6) is 0 Å². The number of hydrogen-bond donors (Lipinski definition) is 1. The molecule has 3 aromatic rings. The zero-order valence-corrected chi connectivity index (χ0v) is 20.2. The van der Waals surface area contributed by atoms with E-state index in [4.69, 9.17) is 11.6 Å². The molecule has 1 N–H and O–H groups in total. The zero-order chi connectivity index (χ0) is 24.2. The van der Waals surface area contributed by atoms with Crippen LogP contribution >= 0.6 is 23.4 Å². The highest BCUT2D eigenvalue weighted by molar-refractivity contribution is 8.18. The summed E-state index contributed by atoms with van der Waals surface area (Å²) in [6, 6.07) is 11.0. The van der Waals surface area contributed by atoms with Gasteiger partial charge in [-0.3, -0.25) is 28.9 Å². The van der Waals surface area contributed by atoms with Gasteiger partial charge in [0.05, 0.1) is 22.7 Å². The van der Waals surface area contributed by atoms with Crippen molar-refractivity contribution < 1.29 is 14.4 Å². The van der Waals surface area contributed by atoms with Crippen LogP contribution < -0.4 is 5.32 Å². The van der Waals surface area contributed by atoms with Gasteiger partial charge >= 0.3 is 0 Å². The molecular weight excluding hydrogens is 474 g/mol. The first-order valence-corrected chi connectivity index (χ1v) is 11.8. The van der Waals surface area contributed by atoms with Gasteiger partial charge in [0, 0.05) is 36.2 Å². The summed E-state index contributed by atoms with van der Waals surface area (Å²) < 4.78 is 1.74. The van der Waals surface area contributed by atoms with Gasteiger partial charge in [-0.1, -0.05) is 35.9 Å². The Morgan fingerprint density at radius 2 is 1.97 bits per heavy atom. The number of carbonyl (C=O) groups is 3. The molecule has 1 aliphatic heterocycles. The molecule has 174 valence electrons. The van der Waals surface area contributed by atoms with Crippen LogP contribution in [0.2, 0.25) is 5.02 Å². The zero-order valence-electron chi connectivity index (χ0n) is 18.6. The minimum absolute atomic E-state index is 0.0760. The molecule has 0 bridgehead atoms. The van der Waals surface area contributed by atoms with Gasteiger partial charge in [-0.25, -0.2) is 0 Å². The Morgan fingerprint density at radius 1 is 1.18 bits per heavy atom. The van der Waals surface area contributed by atoms with Crippen LogP contribution in [0.4, 0.5) is 4.79 Å². The Balaban J connectivity index is 1.38. The Kier molecular flexibility index (Phi) is 7.14. The second kappa shape index (κ2) is 10.2. The summed E-state index contributed by atoms with van der Waals surface area (Å²) in [6.07, 6.45) is 4.89. The minimum Gasteiger partial charge on any atom is -0.350 e. The lowest BCUT2D eigenvalue weighted by Crippen LogP contribution is -2.37. The molecule has 0 aliphatic carbocycles. The van der Waals surface area contributed by atoms with Gasteiger partial charge in [0.2, 0.25) is 0 Å². The third-order valence-electron chi connectivity index (χ3n) is 5.36. The van der Waals surface area contributed by atoms with Crippen LogP contribution in [-0.4, -0.2) is 49.8 Å². The standard InChI is InChI=1S/C24H22ClN5O3S/c1-15-21(16(2)30(28-15)14-18-7-3-4-8-19(18)25)22(31)27-10-11-29-23(32)20(34-24(29)33)12-17-6-5-9-26-13-17/h3-9,12-13H,10-11,14H2,1-2H3,(H,27,31). The number of aryl methyl sites for hydroxylation is 1. The average molecular weight is 496 g/mol. The van der Waals surface area contributed by atoms with Crippen molar-refractivity contribution in [3.63, 3.8) is 0 Å². The normalized spacial score (nSPS) is 14.8. The van der Waals surface area contributed by atoms with Crippen molar-refractivity contribution in [1.82, 2.24) is 25.0 Å². The molecule has 1 aliphatic rings. The van der Waals surface area contributed by atoms with Crippen LogP contribution in [0.1, 0.15) is 32.9 Å². The maximum atomic E-state index is 12.9. The minimum atomic E-state index is -0.381. The van der Waals surface area contributed by atoms with Crippen LogP contribution in [-0.2, 0) is 11.3 Å². The molecule has 0 radical (unpaired) electrons. The number of imide groups is 1. The number of halogens is 1. The van der Waals surface area contributed by atoms with Gasteiger partial charge in [-0.05, 0) is 54.9 Å². The van der Waals surface area contributed by atoms with E-state index in [1.807, 2.05) is 31.2 Å². The van der Waals surface area contributed by atoms with E-state index in [1.165, 1.54) is 0 Å². The highest BCUT2D eigenvalue weighted by Crippen LogP contribution is 2.31. The molecule has 0 saturated carbocycles. The number of nitrogens with one attached hydrogen (secondary N) is 1. The monoisotopic (exact) mass is 495 g/mol. The molecule has 34 heavy (non-hydrogen) atoms. The predicted octanol–water partition coefficient (Wildman–Crippen LogP) is 4.06. The Morgan fingerprint density at radius 3 is 2.71 bits per heavy atom. The number of carbonyl (C=O) groups excluding carboxylic acids is 3. The fourth-order valence-corrected chi connectivity index (χ4v) is 4.70. The summed E-state index contributed by atoms with van der Waals surface area (Å²) in [4.78, 5) is 43.3. The van der Waals surface area contributed by atoms with E-state index in [0.717, 1.165) is 27.8 Å². The molecule has 8 nitrogen and oxygen atoms in total. The Bertz CT molecular complexity index is 1290. The molecule has 2 aromatic heterocycles. The largest absolute Gasteiger partial charge is 0.350 e. The fourth-order valence-electron chi connectivity index (χ4n) is 3.64. The molecule has 1 aromatic carbocycles. The first kappa shape index (κ1) is 23.7. The van der Waals surface area contributed by atoms with E-state index in [2.05, 4.69) is 15.4 Å². The highest BCUT2D eigenvalue weighted by Gasteiger charge is 2.34. The van der Waals surface area contributed by atoms with E-state index < -0.39 is 0 Å². The van der Waals surface area contributed by atoms with Gasteiger partial charge in [0.1, 0.15) is 0 Å². The topological polar surface area (TPSA) is 97.2 Å². The van der Waals surface area contributed by atoms with Crippen molar-refractivity contribution in [2.45, 2.75) is 20.4 Å². The lowest BCUT2D eigenvalue weighted by atomic mass is 10.1. The molecule has 1 saturated heterocycles. The number of thioether (sulfide) groups is 1. The Hall–Kier alpha value is -3.43. The molecular formula is C24H22ClN5O3S. The number of amides is 3. The molecule has 3 heterocycles. The third-order valence-corrected chi connectivity index (χ3v) is 6.64. The number of aromatic nitrogens is 3.